The number of rotatable bonds is 4. The fourth-order valence-corrected chi connectivity index (χ4v) is 0.697. The van der Waals surface area contributed by atoms with Crippen LogP contribution in [-0.2, 0) is 0 Å². The van der Waals surface area contributed by atoms with E-state index in [0.717, 1.165) is 12.5 Å². The second-order valence-electron chi connectivity index (χ2n) is 2.68. The molecular formula is C13H35N. The van der Waals surface area contributed by atoms with Crippen LogP contribution in [0.2, 0.25) is 0 Å². The van der Waals surface area contributed by atoms with Gasteiger partial charge in [0.2, 0.25) is 0 Å². The van der Waals surface area contributed by atoms with Crippen LogP contribution in [0.3, 0.4) is 0 Å². The van der Waals surface area contributed by atoms with E-state index in [4.69, 9.17) is 5.73 Å². The van der Waals surface area contributed by atoms with Gasteiger partial charge in [-0.2, -0.15) is 0 Å². The van der Waals surface area contributed by atoms with Crippen LogP contribution in [0, 0.1) is 5.92 Å². The Balaban J connectivity index is -0.0000000708. The van der Waals surface area contributed by atoms with Gasteiger partial charge in [0.05, 0.1) is 0 Å². The van der Waals surface area contributed by atoms with Gasteiger partial charge in [0.1, 0.15) is 0 Å². The zero-order valence-electron chi connectivity index (χ0n) is 12.0. The molecule has 0 bridgehead atoms. The zero-order valence-corrected chi connectivity index (χ0v) is 12.0. The summed E-state index contributed by atoms with van der Waals surface area (Å²) in [7, 11) is 0. The van der Waals surface area contributed by atoms with Crippen molar-refractivity contribution in [2.45, 2.75) is 74.7 Å². The smallest absolute Gasteiger partial charge is 0.00773 e. The first-order valence-corrected chi connectivity index (χ1v) is 6.47. The fraction of sp³-hybridized carbons (Fsp3) is 1.00. The molecule has 0 aromatic carbocycles. The summed E-state index contributed by atoms with van der Waals surface area (Å²) in [6.07, 6.45) is 3.82. The van der Waals surface area contributed by atoms with Crippen LogP contribution in [-0.4, -0.2) is 6.54 Å². The molecule has 0 aliphatic heterocycles. The maximum atomic E-state index is 5.31. The third kappa shape index (κ3) is 58.4. The lowest BCUT2D eigenvalue weighted by Crippen LogP contribution is -1.98. The molecule has 92 valence electrons. The van der Waals surface area contributed by atoms with E-state index in [-0.39, 0.29) is 0 Å². The third-order valence-electron chi connectivity index (χ3n) is 1.24. The van der Waals surface area contributed by atoms with Crippen molar-refractivity contribution in [3.05, 3.63) is 0 Å². The highest BCUT2D eigenvalue weighted by atomic mass is 14.5. The normalized spacial score (nSPS) is 7.29. The second-order valence-corrected chi connectivity index (χ2v) is 2.68. The average Bonchev–Trinajstić information content (AvgIpc) is 2.27. The summed E-state index contributed by atoms with van der Waals surface area (Å²) in [5.74, 6) is 0.849. The highest BCUT2D eigenvalue weighted by Gasteiger charge is 1.90. The van der Waals surface area contributed by atoms with Crippen molar-refractivity contribution in [2.75, 3.05) is 6.54 Å². The Hall–Kier alpha value is -0.0400. The van der Waals surface area contributed by atoms with Crippen LogP contribution in [0.5, 0.6) is 0 Å². The van der Waals surface area contributed by atoms with Gasteiger partial charge in [-0.25, -0.2) is 0 Å². The van der Waals surface area contributed by atoms with E-state index in [9.17, 15) is 0 Å². The third-order valence-corrected chi connectivity index (χ3v) is 1.24. The summed E-state index contributed by atoms with van der Waals surface area (Å²) in [5, 5.41) is 0. The first-order chi connectivity index (χ1) is 6.77. The average molecular weight is 205 g/mol. The Labute approximate surface area is 93.5 Å². The molecule has 0 saturated carbocycles. The summed E-state index contributed by atoms with van der Waals surface area (Å²) in [6, 6.07) is 0. The Kier molecular flexibility index (Phi) is 64.6. The summed E-state index contributed by atoms with van der Waals surface area (Å²) in [5.41, 5.74) is 5.31. The predicted molar refractivity (Wildman–Crippen MR) is 71.8 cm³/mol. The van der Waals surface area contributed by atoms with Gasteiger partial charge in [0.25, 0.3) is 0 Å². The summed E-state index contributed by atoms with van der Waals surface area (Å²) >= 11 is 0. The minimum atomic E-state index is 0.849. The monoisotopic (exact) mass is 205 g/mol. The van der Waals surface area contributed by atoms with E-state index < -0.39 is 0 Å². The first kappa shape index (κ1) is 23.6. The van der Waals surface area contributed by atoms with Gasteiger partial charge in [-0.3, -0.25) is 0 Å². The SMILES string of the molecule is CC.CC.CC.CC(C)CCCCN. The van der Waals surface area contributed by atoms with Crippen molar-refractivity contribution >= 4 is 0 Å². The number of unbranched alkanes of at least 4 members (excludes halogenated alkanes) is 1. The number of nitrogens with two attached hydrogens (primary N) is 1. The van der Waals surface area contributed by atoms with Crippen LogP contribution in [0.1, 0.15) is 74.7 Å². The molecule has 1 heteroatoms. The Morgan fingerprint density at radius 1 is 0.786 bits per heavy atom. The highest BCUT2D eigenvalue weighted by Crippen LogP contribution is 2.04. The molecule has 0 amide bonds. The lowest BCUT2D eigenvalue weighted by atomic mass is 10.1. The van der Waals surface area contributed by atoms with Crippen LogP contribution >= 0.6 is 0 Å². The van der Waals surface area contributed by atoms with E-state index in [2.05, 4.69) is 13.8 Å². The Morgan fingerprint density at radius 2 is 1.14 bits per heavy atom. The molecule has 0 rings (SSSR count). The van der Waals surface area contributed by atoms with Crippen LogP contribution in [0.25, 0.3) is 0 Å². The number of hydrogen-bond donors (Lipinski definition) is 1. The number of hydrogen-bond acceptors (Lipinski definition) is 1. The molecule has 0 heterocycles. The molecule has 0 aromatic heterocycles. The van der Waals surface area contributed by atoms with Gasteiger partial charge in [0.15, 0.2) is 0 Å². The second kappa shape index (κ2) is 38.3. The minimum Gasteiger partial charge on any atom is -0.330 e. The van der Waals surface area contributed by atoms with E-state index in [0.29, 0.717) is 0 Å². The molecule has 0 radical (unpaired) electrons. The van der Waals surface area contributed by atoms with Gasteiger partial charge >= 0.3 is 0 Å². The fourth-order valence-electron chi connectivity index (χ4n) is 0.697. The summed E-state index contributed by atoms with van der Waals surface area (Å²) in [6.45, 7) is 17.3. The van der Waals surface area contributed by atoms with E-state index in [1.807, 2.05) is 41.5 Å². The zero-order chi connectivity index (χ0) is 12.4. The molecule has 0 spiro atoms. The minimum absolute atomic E-state index is 0.849. The van der Waals surface area contributed by atoms with E-state index >= 15 is 0 Å². The molecule has 0 unspecified atom stereocenters. The van der Waals surface area contributed by atoms with Gasteiger partial charge in [-0.15, -0.1) is 0 Å². The molecule has 1 nitrogen and oxygen atoms in total. The summed E-state index contributed by atoms with van der Waals surface area (Å²) in [4.78, 5) is 0. The standard InChI is InChI=1S/C7H17N.3C2H6/c1-7(2)5-3-4-6-8;3*1-2/h7H,3-6,8H2,1-2H3;3*1-2H3. The molecule has 0 aromatic rings. The maximum Gasteiger partial charge on any atom is -0.00773 e. The molecule has 0 aliphatic rings. The van der Waals surface area contributed by atoms with Crippen LogP contribution in [0.15, 0.2) is 0 Å². The van der Waals surface area contributed by atoms with Crippen LogP contribution in [0.4, 0.5) is 0 Å². The van der Waals surface area contributed by atoms with E-state index in [1.54, 1.807) is 0 Å². The van der Waals surface area contributed by atoms with E-state index in [1.165, 1.54) is 19.3 Å². The molecule has 14 heavy (non-hydrogen) atoms. The maximum absolute atomic E-state index is 5.31. The molecule has 0 fully saturated rings. The quantitative estimate of drug-likeness (QED) is 0.652. The molecule has 0 atom stereocenters. The van der Waals surface area contributed by atoms with Crippen molar-refractivity contribution in [3.63, 3.8) is 0 Å². The van der Waals surface area contributed by atoms with Gasteiger partial charge in [0, 0.05) is 0 Å². The van der Waals surface area contributed by atoms with Gasteiger partial charge in [-0.05, 0) is 18.9 Å². The highest BCUT2D eigenvalue weighted by molar-refractivity contribution is 4.45. The summed E-state index contributed by atoms with van der Waals surface area (Å²) < 4.78 is 0. The lowest BCUT2D eigenvalue weighted by Gasteiger charge is -2.00. The van der Waals surface area contributed by atoms with Crippen molar-refractivity contribution in [3.8, 4) is 0 Å². The largest absolute Gasteiger partial charge is 0.330 e. The van der Waals surface area contributed by atoms with Crippen molar-refractivity contribution in [2.24, 2.45) is 11.7 Å². The van der Waals surface area contributed by atoms with Crippen LogP contribution < -0.4 is 5.73 Å². The molecule has 2 N–H and O–H groups in total. The lowest BCUT2D eigenvalue weighted by molar-refractivity contribution is 0.541. The topological polar surface area (TPSA) is 26.0 Å². The Bertz CT molecular complexity index is 42.5. The van der Waals surface area contributed by atoms with Gasteiger partial charge < -0.3 is 5.73 Å². The predicted octanol–water partition coefficient (Wildman–Crippen LogP) is 4.85. The van der Waals surface area contributed by atoms with Crippen molar-refractivity contribution < 1.29 is 0 Å². The van der Waals surface area contributed by atoms with Crippen molar-refractivity contribution in [1.29, 1.82) is 0 Å². The molecule has 0 saturated heterocycles. The molecule has 0 aliphatic carbocycles. The Morgan fingerprint density at radius 3 is 1.36 bits per heavy atom. The molecular weight excluding hydrogens is 170 g/mol. The van der Waals surface area contributed by atoms with Crippen molar-refractivity contribution in [1.82, 2.24) is 0 Å². The van der Waals surface area contributed by atoms with Gasteiger partial charge in [-0.1, -0.05) is 68.2 Å². The first-order valence-electron chi connectivity index (χ1n) is 6.47.